The predicted octanol–water partition coefficient (Wildman–Crippen LogP) is 2.40. The number of ether oxygens (including phenoxy) is 2. The Kier molecular flexibility index (Phi) is 4.47. The van der Waals surface area contributed by atoms with Gasteiger partial charge in [0.1, 0.15) is 0 Å². The second kappa shape index (κ2) is 5.96. The summed E-state index contributed by atoms with van der Waals surface area (Å²) in [7, 11) is 0. The van der Waals surface area contributed by atoms with Gasteiger partial charge >= 0.3 is 6.16 Å². The highest BCUT2D eigenvalue weighted by Crippen LogP contribution is 2.04. The molecule has 0 fully saturated rings. The maximum atomic E-state index is 11.0. The molecule has 0 radical (unpaired) electrons. The minimum atomic E-state index is -0.697. The van der Waals surface area contributed by atoms with Gasteiger partial charge < -0.3 is 9.47 Å². The molecule has 0 bridgehead atoms. The van der Waals surface area contributed by atoms with E-state index < -0.39 is 6.16 Å². The number of nitrogens with zero attached hydrogens (tertiary/aromatic N) is 1. The number of hydrogen-bond acceptors (Lipinski definition) is 4. The molecule has 0 atom stereocenters. The van der Waals surface area contributed by atoms with Crippen molar-refractivity contribution in [2.24, 2.45) is 0 Å². The lowest BCUT2D eigenvalue weighted by Crippen LogP contribution is -2.11. The minimum absolute atomic E-state index is 0.258. The molecular weight excluding hydrogens is 182 g/mol. The van der Waals surface area contributed by atoms with Crippen LogP contribution in [0.1, 0.15) is 19.8 Å². The fourth-order valence-corrected chi connectivity index (χ4v) is 0.822. The number of aromatic nitrogens is 1. The van der Waals surface area contributed by atoms with Gasteiger partial charge in [0, 0.05) is 12.3 Å². The molecular formula is C10H13NO3. The Balaban J connectivity index is 2.27. The Morgan fingerprint density at radius 2 is 2.36 bits per heavy atom. The zero-order valence-electron chi connectivity index (χ0n) is 8.10. The van der Waals surface area contributed by atoms with E-state index in [1.54, 1.807) is 24.4 Å². The minimum Gasteiger partial charge on any atom is -0.434 e. The number of carbonyl (C=O) groups is 1. The van der Waals surface area contributed by atoms with E-state index in [0.29, 0.717) is 6.61 Å². The van der Waals surface area contributed by atoms with Crippen molar-refractivity contribution in [1.29, 1.82) is 0 Å². The number of pyridine rings is 1. The Bertz CT molecular complexity index is 274. The van der Waals surface area contributed by atoms with Crippen LogP contribution in [0, 0.1) is 0 Å². The number of unbranched alkanes of at least 4 members (excludes halogenated alkanes) is 1. The van der Waals surface area contributed by atoms with E-state index in [1.165, 1.54) is 0 Å². The van der Waals surface area contributed by atoms with Gasteiger partial charge in [-0.05, 0) is 12.5 Å². The lowest BCUT2D eigenvalue weighted by Gasteiger charge is -2.03. The van der Waals surface area contributed by atoms with Crippen LogP contribution in [0.5, 0.6) is 5.88 Å². The van der Waals surface area contributed by atoms with E-state index in [2.05, 4.69) is 4.98 Å². The molecule has 0 aromatic carbocycles. The predicted molar refractivity (Wildman–Crippen MR) is 51.1 cm³/mol. The number of rotatable bonds is 4. The molecule has 0 aliphatic carbocycles. The van der Waals surface area contributed by atoms with Crippen LogP contribution < -0.4 is 4.74 Å². The molecule has 4 nitrogen and oxygen atoms in total. The molecule has 14 heavy (non-hydrogen) atoms. The van der Waals surface area contributed by atoms with Gasteiger partial charge in [-0.15, -0.1) is 0 Å². The Morgan fingerprint density at radius 1 is 1.50 bits per heavy atom. The van der Waals surface area contributed by atoms with Crippen molar-refractivity contribution in [3.05, 3.63) is 24.4 Å². The van der Waals surface area contributed by atoms with E-state index in [-0.39, 0.29) is 5.88 Å². The second-order valence-electron chi connectivity index (χ2n) is 2.72. The SMILES string of the molecule is CCCCOC(=O)Oc1ccccn1. The first-order chi connectivity index (χ1) is 6.83. The largest absolute Gasteiger partial charge is 0.515 e. The van der Waals surface area contributed by atoms with Crippen molar-refractivity contribution in [1.82, 2.24) is 4.98 Å². The molecule has 0 saturated heterocycles. The van der Waals surface area contributed by atoms with Crippen LogP contribution in [0.2, 0.25) is 0 Å². The first kappa shape index (κ1) is 10.5. The monoisotopic (exact) mass is 195 g/mol. The average molecular weight is 195 g/mol. The van der Waals surface area contributed by atoms with E-state index >= 15 is 0 Å². The third kappa shape index (κ3) is 3.89. The summed E-state index contributed by atoms with van der Waals surface area (Å²) in [5.74, 6) is 0.258. The summed E-state index contributed by atoms with van der Waals surface area (Å²) in [4.78, 5) is 14.8. The third-order valence-corrected chi connectivity index (χ3v) is 1.54. The van der Waals surface area contributed by atoms with Crippen molar-refractivity contribution >= 4 is 6.16 Å². The third-order valence-electron chi connectivity index (χ3n) is 1.54. The van der Waals surface area contributed by atoms with Gasteiger partial charge in [-0.2, -0.15) is 0 Å². The first-order valence-electron chi connectivity index (χ1n) is 4.58. The van der Waals surface area contributed by atoms with Crippen molar-refractivity contribution in [2.75, 3.05) is 6.61 Å². The first-order valence-corrected chi connectivity index (χ1v) is 4.58. The van der Waals surface area contributed by atoms with E-state index in [4.69, 9.17) is 9.47 Å². The zero-order chi connectivity index (χ0) is 10.2. The maximum Gasteiger partial charge on any atom is 0.515 e. The number of carbonyl (C=O) groups excluding carboxylic acids is 1. The van der Waals surface area contributed by atoms with Gasteiger partial charge in [0.05, 0.1) is 6.61 Å². The topological polar surface area (TPSA) is 48.4 Å². The summed E-state index contributed by atoms with van der Waals surface area (Å²) in [6.07, 6.45) is 2.68. The van der Waals surface area contributed by atoms with Gasteiger partial charge in [0.25, 0.3) is 0 Å². The molecule has 0 N–H and O–H groups in total. The summed E-state index contributed by atoms with van der Waals surface area (Å²) in [6, 6.07) is 5.08. The highest BCUT2D eigenvalue weighted by atomic mass is 16.7. The molecule has 0 amide bonds. The second-order valence-corrected chi connectivity index (χ2v) is 2.72. The lowest BCUT2D eigenvalue weighted by atomic mass is 10.4. The highest BCUT2D eigenvalue weighted by molar-refractivity contribution is 5.62. The molecule has 0 spiro atoms. The summed E-state index contributed by atoms with van der Waals surface area (Å²) in [5.41, 5.74) is 0. The van der Waals surface area contributed by atoms with Crippen molar-refractivity contribution < 1.29 is 14.3 Å². The van der Waals surface area contributed by atoms with Crippen LogP contribution in [0.25, 0.3) is 0 Å². The zero-order valence-corrected chi connectivity index (χ0v) is 8.10. The summed E-state index contributed by atoms with van der Waals surface area (Å²) in [5, 5.41) is 0. The summed E-state index contributed by atoms with van der Waals surface area (Å²) in [6.45, 7) is 2.41. The van der Waals surface area contributed by atoms with Crippen LogP contribution in [-0.2, 0) is 4.74 Å². The smallest absolute Gasteiger partial charge is 0.434 e. The van der Waals surface area contributed by atoms with Gasteiger partial charge in [-0.25, -0.2) is 9.78 Å². The maximum absolute atomic E-state index is 11.0. The van der Waals surface area contributed by atoms with E-state index in [1.807, 2.05) is 6.92 Å². The molecule has 4 heteroatoms. The lowest BCUT2D eigenvalue weighted by molar-refractivity contribution is 0.0963. The molecule has 0 aliphatic rings. The molecule has 76 valence electrons. The molecule has 1 rings (SSSR count). The highest BCUT2D eigenvalue weighted by Gasteiger charge is 2.04. The van der Waals surface area contributed by atoms with E-state index in [0.717, 1.165) is 12.8 Å². The van der Waals surface area contributed by atoms with Gasteiger partial charge in [0.2, 0.25) is 5.88 Å². The van der Waals surface area contributed by atoms with Crippen LogP contribution in [0.4, 0.5) is 4.79 Å². The van der Waals surface area contributed by atoms with Crippen LogP contribution >= 0.6 is 0 Å². The Morgan fingerprint density at radius 3 is 3.00 bits per heavy atom. The summed E-state index contributed by atoms with van der Waals surface area (Å²) >= 11 is 0. The molecule has 1 heterocycles. The molecule has 0 aliphatic heterocycles. The molecule has 0 unspecified atom stereocenters. The normalized spacial score (nSPS) is 9.50. The van der Waals surface area contributed by atoms with Gasteiger partial charge in [-0.3, -0.25) is 0 Å². The van der Waals surface area contributed by atoms with Crippen LogP contribution in [0.15, 0.2) is 24.4 Å². The average Bonchev–Trinajstić information content (AvgIpc) is 2.20. The van der Waals surface area contributed by atoms with Crippen LogP contribution in [0.3, 0.4) is 0 Å². The Labute approximate surface area is 82.9 Å². The fraction of sp³-hybridized carbons (Fsp3) is 0.400. The van der Waals surface area contributed by atoms with Crippen molar-refractivity contribution in [2.45, 2.75) is 19.8 Å². The summed E-state index contributed by atoms with van der Waals surface area (Å²) < 4.78 is 9.57. The molecule has 1 aromatic rings. The number of hydrogen-bond donors (Lipinski definition) is 0. The quantitative estimate of drug-likeness (QED) is 0.546. The fourth-order valence-electron chi connectivity index (χ4n) is 0.822. The van der Waals surface area contributed by atoms with Gasteiger partial charge in [-0.1, -0.05) is 19.4 Å². The van der Waals surface area contributed by atoms with E-state index in [9.17, 15) is 4.79 Å². The Hall–Kier alpha value is -1.58. The van der Waals surface area contributed by atoms with Gasteiger partial charge in [0.15, 0.2) is 0 Å². The van der Waals surface area contributed by atoms with Crippen LogP contribution in [-0.4, -0.2) is 17.7 Å². The van der Waals surface area contributed by atoms with Crippen molar-refractivity contribution in [3.63, 3.8) is 0 Å². The molecule has 0 saturated carbocycles. The molecule has 1 aromatic heterocycles. The standard InChI is InChI=1S/C10H13NO3/c1-2-3-8-13-10(12)14-9-6-4-5-7-11-9/h4-7H,2-3,8H2,1H3. The van der Waals surface area contributed by atoms with Crippen molar-refractivity contribution in [3.8, 4) is 5.88 Å².